The van der Waals surface area contributed by atoms with Gasteiger partial charge in [0.25, 0.3) is 5.69 Å². The zero-order chi connectivity index (χ0) is 18.5. The van der Waals surface area contributed by atoms with E-state index in [-0.39, 0.29) is 11.3 Å². The predicted octanol–water partition coefficient (Wildman–Crippen LogP) is 3.96. The molecule has 0 amide bonds. The Morgan fingerprint density at radius 1 is 1.04 bits per heavy atom. The molecular weight excluding hydrogens is 344 g/mol. The summed E-state index contributed by atoms with van der Waals surface area (Å²) in [7, 11) is 0. The highest BCUT2D eigenvalue weighted by Crippen LogP contribution is 2.38. The molecule has 0 unspecified atom stereocenters. The summed E-state index contributed by atoms with van der Waals surface area (Å²) >= 11 is 0. The second kappa shape index (κ2) is 5.94. The highest BCUT2D eigenvalue weighted by atomic mass is 16.6. The van der Waals surface area contributed by atoms with Crippen LogP contribution in [0.3, 0.4) is 0 Å². The van der Waals surface area contributed by atoms with Crippen LogP contribution in [0.15, 0.2) is 30.3 Å². The summed E-state index contributed by atoms with van der Waals surface area (Å²) in [6, 6.07) is 8.64. The number of esters is 1. The Morgan fingerprint density at radius 3 is 2.41 bits per heavy atom. The maximum atomic E-state index is 12.2. The molecule has 0 saturated carbocycles. The third kappa shape index (κ3) is 2.60. The fourth-order valence-electron chi connectivity index (χ4n) is 4.41. The largest absolute Gasteiger partial charge is 0.422 e. The number of nitrogens with zero attached hydrogens (tertiary/aromatic N) is 2. The first kappa shape index (κ1) is 16.1. The number of hydrogen-bond donors (Lipinski definition) is 0. The molecule has 2 aromatic carbocycles. The van der Waals surface area contributed by atoms with Crippen LogP contribution in [0.5, 0.6) is 0 Å². The van der Waals surface area contributed by atoms with E-state index in [2.05, 4.69) is 17.0 Å². The van der Waals surface area contributed by atoms with E-state index in [9.17, 15) is 14.9 Å². The summed E-state index contributed by atoms with van der Waals surface area (Å²) in [6.45, 7) is 2.26. The van der Waals surface area contributed by atoms with Crippen molar-refractivity contribution in [2.75, 3.05) is 18.0 Å². The van der Waals surface area contributed by atoms with E-state index in [1.807, 2.05) is 6.08 Å². The molecule has 0 saturated heterocycles. The number of rotatable bonds is 2. The number of fused-ring (bicyclic) bond motifs is 1. The first-order chi connectivity index (χ1) is 13.1. The molecule has 0 bridgehead atoms. The Hall–Kier alpha value is -3.15. The molecule has 0 N–H and O–H groups in total. The van der Waals surface area contributed by atoms with Crippen molar-refractivity contribution in [2.24, 2.45) is 0 Å². The molecule has 0 atom stereocenters. The third-order valence-corrected chi connectivity index (χ3v) is 5.55. The normalized spacial score (nSPS) is 18.9. The molecule has 2 aromatic rings. The number of nitro benzene ring substituents is 1. The lowest BCUT2D eigenvalue weighted by Gasteiger charge is -2.37. The molecule has 0 radical (unpaired) electrons. The van der Waals surface area contributed by atoms with E-state index < -0.39 is 10.9 Å². The minimum absolute atomic E-state index is 0.106. The van der Waals surface area contributed by atoms with Gasteiger partial charge in [-0.3, -0.25) is 10.1 Å². The monoisotopic (exact) mass is 362 g/mol. The number of benzene rings is 2. The number of cyclic esters (lactones) is 1. The molecule has 0 aromatic heterocycles. The number of carbonyl (C=O) groups excluding carboxylic acids is 1. The van der Waals surface area contributed by atoms with Gasteiger partial charge in [-0.25, -0.2) is 4.79 Å². The van der Waals surface area contributed by atoms with Crippen LogP contribution in [-0.2, 0) is 17.6 Å². The lowest BCUT2D eigenvalue weighted by molar-refractivity contribution is -0.384. The van der Waals surface area contributed by atoms with Crippen LogP contribution in [0, 0.1) is 10.1 Å². The lowest BCUT2D eigenvalue weighted by Crippen LogP contribution is -2.34. The number of nitro groups is 1. The van der Waals surface area contributed by atoms with Crippen LogP contribution in [0.1, 0.15) is 45.5 Å². The van der Waals surface area contributed by atoms with Gasteiger partial charge in [-0.2, -0.15) is 0 Å². The molecule has 27 heavy (non-hydrogen) atoms. The highest BCUT2D eigenvalue weighted by Gasteiger charge is 2.29. The summed E-state index contributed by atoms with van der Waals surface area (Å²) in [5.41, 5.74) is 5.89. The standard InChI is InChI=1S/C21H18N2O4/c24-21-18-12-16(23(25)26)5-6-17(18)19(27-21)11-13-9-14-3-1-7-22-8-2-4-15(10-13)20(14)22/h5-6,9-12H,1-4,7-8H2/b19-11-. The van der Waals surface area contributed by atoms with E-state index in [0.29, 0.717) is 11.3 Å². The zero-order valence-electron chi connectivity index (χ0n) is 14.7. The van der Waals surface area contributed by atoms with Gasteiger partial charge in [0.2, 0.25) is 0 Å². The minimum Gasteiger partial charge on any atom is -0.422 e. The van der Waals surface area contributed by atoms with Gasteiger partial charge >= 0.3 is 5.97 Å². The Balaban J connectivity index is 1.57. The second-order valence-corrected chi connectivity index (χ2v) is 7.27. The molecule has 0 spiro atoms. The lowest BCUT2D eigenvalue weighted by atomic mass is 9.90. The van der Waals surface area contributed by atoms with Crippen molar-refractivity contribution in [3.05, 3.63) is 68.3 Å². The maximum Gasteiger partial charge on any atom is 0.344 e. The fraction of sp³-hybridized carbons (Fsp3) is 0.286. The van der Waals surface area contributed by atoms with Crippen molar-refractivity contribution in [2.45, 2.75) is 25.7 Å². The van der Waals surface area contributed by atoms with Crippen LogP contribution in [0.2, 0.25) is 0 Å². The summed E-state index contributed by atoms with van der Waals surface area (Å²) in [5, 5.41) is 11.0. The van der Waals surface area contributed by atoms with Crippen LogP contribution in [0.4, 0.5) is 11.4 Å². The van der Waals surface area contributed by atoms with Crippen LogP contribution < -0.4 is 4.90 Å². The third-order valence-electron chi connectivity index (χ3n) is 5.55. The molecule has 0 aliphatic carbocycles. The van der Waals surface area contributed by atoms with Gasteiger partial charge in [-0.1, -0.05) is 0 Å². The van der Waals surface area contributed by atoms with Gasteiger partial charge in [-0.15, -0.1) is 0 Å². The Morgan fingerprint density at radius 2 is 1.74 bits per heavy atom. The summed E-state index contributed by atoms with van der Waals surface area (Å²) in [5.74, 6) is -0.0778. The van der Waals surface area contributed by atoms with E-state index in [0.717, 1.165) is 44.3 Å². The fourth-order valence-corrected chi connectivity index (χ4v) is 4.41. The predicted molar refractivity (Wildman–Crippen MR) is 102 cm³/mol. The molecule has 5 rings (SSSR count). The van der Waals surface area contributed by atoms with Gasteiger partial charge in [0.05, 0.1) is 10.5 Å². The molecule has 6 heteroatoms. The van der Waals surface area contributed by atoms with Crippen LogP contribution in [-0.4, -0.2) is 24.0 Å². The molecule has 3 aliphatic heterocycles. The van der Waals surface area contributed by atoms with Crippen molar-refractivity contribution in [1.29, 1.82) is 0 Å². The summed E-state index contributed by atoms with van der Waals surface area (Å²) < 4.78 is 5.41. The van der Waals surface area contributed by atoms with Crippen molar-refractivity contribution >= 4 is 29.2 Å². The Kier molecular flexibility index (Phi) is 3.53. The van der Waals surface area contributed by atoms with Crippen molar-refractivity contribution < 1.29 is 14.5 Å². The van der Waals surface area contributed by atoms with Crippen molar-refractivity contribution in [3.8, 4) is 0 Å². The smallest absolute Gasteiger partial charge is 0.344 e. The molecule has 3 aliphatic rings. The van der Waals surface area contributed by atoms with E-state index >= 15 is 0 Å². The van der Waals surface area contributed by atoms with E-state index in [1.165, 1.54) is 28.9 Å². The number of non-ortho nitro benzene ring substituents is 1. The number of anilines is 1. The first-order valence-corrected chi connectivity index (χ1v) is 9.23. The van der Waals surface area contributed by atoms with Gasteiger partial charge < -0.3 is 9.64 Å². The van der Waals surface area contributed by atoms with Crippen molar-refractivity contribution in [3.63, 3.8) is 0 Å². The minimum atomic E-state index is -0.537. The quantitative estimate of drug-likeness (QED) is 0.459. The second-order valence-electron chi connectivity index (χ2n) is 7.27. The SMILES string of the molecule is O=C1O/C(=C\c2cc3c4c(c2)CCCN4CCC3)c2ccc([N+](=O)[O-])cc21. The Bertz CT molecular complexity index is 994. The molecule has 0 fully saturated rings. The van der Waals surface area contributed by atoms with Crippen LogP contribution in [0.25, 0.3) is 11.8 Å². The maximum absolute atomic E-state index is 12.2. The van der Waals surface area contributed by atoms with Crippen LogP contribution >= 0.6 is 0 Å². The molecule has 136 valence electrons. The molecule has 6 nitrogen and oxygen atoms in total. The van der Waals surface area contributed by atoms with E-state index in [4.69, 9.17) is 4.74 Å². The van der Waals surface area contributed by atoms with Crippen molar-refractivity contribution in [1.82, 2.24) is 0 Å². The average molecular weight is 362 g/mol. The molecule has 3 heterocycles. The van der Waals surface area contributed by atoms with Gasteiger partial charge in [0.15, 0.2) is 0 Å². The summed E-state index contributed by atoms with van der Waals surface area (Å²) in [6.07, 6.45) is 6.33. The van der Waals surface area contributed by atoms with Gasteiger partial charge in [0.1, 0.15) is 5.76 Å². The number of aryl methyl sites for hydroxylation is 2. The number of hydrogen-bond acceptors (Lipinski definition) is 5. The molecular formula is C21H18N2O4. The topological polar surface area (TPSA) is 72.7 Å². The Labute approximate surface area is 156 Å². The highest BCUT2D eigenvalue weighted by molar-refractivity contribution is 6.06. The van der Waals surface area contributed by atoms with Gasteiger partial charge in [0, 0.05) is 36.5 Å². The number of ether oxygens (including phenoxy) is 1. The number of carbonyl (C=O) groups is 1. The van der Waals surface area contributed by atoms with E-state index in [1.54, 1.807) is 6.07 Å². The summed E-state index contributed by atoms with van der Waals surface area (Å²) in [4.78, 5) is 25.1. The first-order valence-electron chi connectivity index (χ1n) is 9.23. The van der Waals surface area contributed by atoms with Gasteiger partial charge in [-0.05, 0) is 66.6 Å². The average Bonchev–Trinajstić information content (AvgIpc) is 2.97. The zero-order valence-corrected chi connectivity index (χ0v) is 14.7.